The lowest BCUT2D eigenvalue weighted by Gasteiger charge is -2.27. The predicted octanol–water partition coefficient (Wildman–Crippen LogP) is 3.63. The van der Waals surface area contributed by atoms with Crippen molar-refractivity contribution in [2.45, 2.75) is 32.2 Å². The zero-order valence-electron chi connectivity index (χ0n) is 13.0. The number of aryl methyl sites for hydroxylation is 1. The third-order valence-corrected chi connectivity index (χ3v) is 4.28. The van der Waals surface area contributed by atoms with Crippen LogP contribution < -0.4 is 10.6 Å². The molecule has 1 aliphatic heterocycles. The molecule has 1 aliphatic rings. The van der Waals surface area contributed by atoms with Crippen molar-refractivity contribution in [3.05, 3.63) is 53.6 Å². The van der Waals surface area contributed by atoms with Gasteiger partial charge in [-0.1, -0.05) is 30.3 Å². The number of anilines is 1. The Balaban J connectivity index is 1.87. The van der Waals surface area contributed by atoms with E-state index in [4.69, 9.17) is 5.73 Å². The van der Waals surface area contributed by atoms with Crippen LogP contribution in [-0.2, 0) is 12.8 Å². The number of hydrogen-bond donors (Lipinski definition) is 1. The van der Waals surface area contributed by atoms with Crippen molar-refractivity contribution in [3.63, 3.8) is 0 Å². The Morgan fingerprint density at radius 3 is 2.52 bits per heavy atom. The van der Waals surface area contributed by atoms with Gasteiger partial charge < -0.3 is 10.6 Å². The van der Waals surface area contributed by atoms with E-state index in [0.29, 0.717) is 0 Å². The molecule has 3 rings (SSSR count). The summed E-state index contributed by atoms with van der Waals surface area (Å²) < 4.78 is 0. The molecule has 1 atom stereocenters. The Hall–Kier alpha value is -1.80. The lowest BCUT2D eigenvalue weighted by Crippen LogP contribution is -2.24. The summed E-state index contributed by atoms with van der Waals surface area (Å²) in [4.78, 5) is 2.36. The first-order valence-electron chi connectivity index (χ1n) is 7.82. The molecule has 1 heterocycles. The molecular weight excluding hydrogens is 256 g/mol. The molecule has 2 aromatic rings. The van der Waals surface area contributed by atoms with E-state index < -0.39 is 0 Å². The summed E-state index contributed by atoms with van der Waals surface area (Å²) in [5.41, 5.74) is 12.6. The molecule has 2 heteroatoms. The molecular formula is C19H24N2. The molecule has 0 fully saturated rings. The van der Waals surface area contributed by atoms with Crippen LogP contribution in [0.25, 0.3) is 11.1 Å². The summed E-state index contributed by atoms with van der Waals surface area (Å²) in [6.45, 7) is 3.21. The number of hydrogen-bond acceptors (Lipinski definition) is 2. The lowest BCUT2D eigenvalue weighted by atomic mass is 9.95. The molecule has 0 spiro atoms. The first-order valence-corrected chi connectivity index (χ1v) is 7.82. The fraction of sp³-hybridized carbons (Fsp3) is 0.368. The van der Waals surface area contributed by atoms with Gasteiger partial charge in [-0.2, -0.15) is 0 Å². The van der Waals surface area contributed by atoms with Crippen molar-refractivity contribution >= 4 is 5.69 Å². The fourth-order valence-electron chi connectivity index (χ4n) is 3.17. The molecule has 0 bridgehead atoms. The van der Waals surface area contributed by atoms with Gasteiger partial charge in [0.05, 0.1) is 0 Å². The van der Waals surface area contributed by atoms with Crippen molar-refractivity contribution in [1.29, 1.82) is 0 Å². The summed E-state index contributed by atoms with van der Waals surface area (Å²) in [6, 6.07) is 15.9. The molecule has 2 aromatic carbocycles. The zero-order chi connectivity index (χ0) is 14.8. The molecule has 0 radical (unpaired) electrons. The summed E-state index contributed by atoms with van der Waals surface area (Å²) >= 11 is 0. The van der Waals surface area contributed by atoms with E-state index in [1.165, 1.54) is 40.8 Å². The van der Waals surface area contributed by atoms with Crippen molar-refractivity contribution in [2.75, 3.05) is 18.5 Å². The van der Waals surface area contributed by atoms with E-state index in [1.807, 2.05) is 6.92 Å². The number of fused-ring (bicyclic) bond motifs is 1. The highest BCUT2D eigenvalue weighted by Crippen LogP contribution is 2.30. The van der Waals surface area contributed by atoms with Gasteiger partial charge in [0.15, 0.2) is 0 Å². The molecule has 110 valence electrons. The van der Waals surface area contributed by atoms with E-state index in [-0.39, 0.29) is 6.04 Å². The van der Waals surface area contributed by atoms with Crippen molar-refractivity contribution < 1.29 is 0 Å². The minimum absolute atomic E-state index is 0.218. The van der Waals surface area contributed by atoms with E-state index in [9.17, 15) is 0 Å². The second-order valence-corrected chi connectivity index (χ2v) is 6.25. The van der Waals surface area contributed by atoms with E-state index in [2.05, 4.69) is 54.4 Å². The van der Waals surface area contributed by atoms with Crippen LogP contribution in [0.15, 0.2) is 42.5 Å². The smallest absolute Gasteiger partial charge is 0.0396 e. The molecule has 0 amide bonds. The normalized spacial score (nSPS) is 15.7. The van der Waals surface area contributed by atoms with Crippen LogP contribution in [0.3, 0.4) is 0 Å². The summed E-state index contributed by atoms with van der Waals surface area (Å²) in [6.07, 6.45) is 3.38. The number of nitrogens with two attached hydrogens (primary N) is 1. The van der Waals surface area contributed by atoms with Crippen molar-refractivity contribution in [1.82, 2.24) is 0 Å². The first-order chi connectivity index (χ1) is 10.1. The largest absolute Gasteiger partial charge is 0.374 e. The van der Waals surface area contributed by atoms with Crippen LogP contribution in [0.5, 0.6) is 0 Å². The van der Waals surface area contributed by atoms with E-state index >= 15 is 0 Å². The topological polar surface area (TPSA) is 29.3 Å². The summed E-state index contributed by atoms with van der Waals surface area (Å²) in [5, 5.41) is 0. The van der Waals surface area contributed by atoms with Gasteiger partial charge >= 0.3 is 0 Å². The van der Waals surface area contributed by atoms with Gasteiger partial charge in [0.1, 0.15) is 0 Å². The molecule has 2 nitrogen and oxygen atoms in total. The highest BCUT2D eigenvalue weighted by molar-refractivity contribution is 5.69. The van der Waals surface area contributed by atoms with Gasteiger partial charge in [-0.15, -0.1) is 0 Å². The Morgan fingerprint density at radius 1 is 1.10 bits per heavy atom. The first kappa shape index (κ1) is 14.2. The van der Waals surface area contributed by atoms with Crippen LogP contribution in [-0.4, -0.2) is 19.6 Å². The van der Waals surface area contributed by atoms with Gasteiger partial charge in [-0.05, 0) is 60.6 Å². The van der Waals surface area contributed by atoms with Crippen molar-refractivity contribution in [2.24, 2.45) is 5.73 Å². The van der Waals surface area contributed by atoms with Crippen LogP contribution >= 0.6 is 0 Å². The second-order valence-electron chi connectivity index (χ2n) is 6.25. The van der Waals surface area contributed by atoms with Gasteiger partial charge in [0.25, 0.3) is 0 Å². The maximum Gasteiger partial charge on any atom is 0.0396 e. The standard InChI is InChI=1S/C19H24N2/c1-14(20)12-15-5-7-16(8-6-15)17-9-10-19-18(13-17)4-3-11-21(19)2/h5-10,13-14H,3-4,11-12,20H2,1-2H3. The molecule has 1 unspecified atom stereocenters. The van der Waals surface area contributed by atoms with Gasteiger partial charge in [-0.25, -0.2) is 0 Å². The molecule has 0 saturated carbocycles. The quantitative estimate of drug-likeness (QED) is 0.930. The number of rotatable bonds is 3. The highest BCUT2D eigenvalue weighted by Gasteiger charge is 2.14. The van der Waals surface area contributed by atoms with E-state index in [1.54, 1.807) is 0 Å². The van der Waals surface area contributed by atoms with E-state index in [0.717, 1.165) is 13.0 Å². The number of benzene rings is 2. The van der Waals surface area contributed by atoms with Crippen LogP contribution in [0.4, 0.5) is 5.69 Å². The monoisotopic (exact) mass is 280 g/mol. The molecule has 21 heavy (non-hydrogen) atoms. The van der Waals surface area contributed by atoms with Crippen LogP contribution in [0, 0.1) is 0 Å². The maximum atomic E-state index is 5.86. The lowest BCUT2D eigenvalue weighted by molar-refractivity contribution is 0.738. The third kappa shape index (κ3) is 3.11. The van der Waals surface area contributed by atoms with Gasteiger partial charge in [-0.3, -0.25) is 0 Å². The maximum absolute atomic E-state index is 5.86. The van der Waals surface area contributed by atoms with Gasteiger partial charge in [0, 0.05) is 25.3 Å². The Labute approximate surface area is 127 Å². The molecule has 0 aromatic heterocycles. The highest BCUT2D eigenvalue weighted by atomic mass is 15.1. The van der Waals surface area contributed by atoms with Gasteiger partial charge in [0.2, 0.25) is 0 Å². The van der Waals surface area contributed by atoms with Crippen LogP contribution in [0.2, 0.25) is 0 Å². The Bertz CT molecular complexity index is 614. The molecule has 0 saturated heterocycles. The second kappa shape index (κ2) is 5.90. The Kier molecular flexibility index (Phi) is 3.98. The van der Waals surface area contributed by atoms with Crippen molar-refractivity contribution in [3.8, 4) is 11.1 Å². The number of nitrogens with zero attached hydrogens (tertiary/aromatic N) is 1. The minimum atomic E-state index is 0.218. The zero-order valence-corrected chi connectivity index (χ0v) is 13.0. The van der Waals surface area contributed by atoms with Crippen LogP contribution in [0.1, 0.15) is 24.5 Å². The summed E-state index contributed by atoms with van der Waals surface area (Å²) in [7, 11) is 2.18. The predicted molar refractivity (Wildman–Crippen MR) is 90.8 cm³/mol. The third-order valence-electron chi connectivity index (χ3n) is 4.28. The SMILES string of the molecule is CC(N)Cc1ccc(-c2ccc3c(c2)CCCN3C)cc1. The summed E-state index contributed by atoms with van der Waals surface area (Å²) in [5.74, 6) is 0. The minimum Gasteiger partial charge on any atom is -0.374 e. The molecule has 2 N–H and O–H groups in total. The Morgan fingerprint density at radius 2 is 1.81 bits per heavy atom. The molecule has 0 aliphatic carbocycles. The fourth-order valence-corrected chi connectivity index (χ4v) is 3.17. The average Bonchev–Trinajstić information content (AvgIpc) is 2.47. The average molecular weight is 280 g/mol.